The molecule has 192 valence electrons. The Bertz CT molecular complexity index is 1260. The minimum atomic E-state index is -0.969. The summed E-state index contributed by atoms with van der Waals surface area (Å²) in [4.78, 5) is 21.8. The van der Waals surface area contributed by atoms with Crippen molar-refractivity contribution in [1.29, 1.82) is 0 Å². The average molecular weight is 504 g/mol. The smallest absolute Gasteiger partial charge is 0.229 e. The Labute approximate surface area is 216 Å². The number of nitrogens with zero attached hydrogens (tertiary/aromatic N) is 2. The van der Waals surface area contributed by atoms with Crippen LogP contribution in [0.15, 0.2) is 90.8 Å². The Kier molecular flexibility index (Phi) is 10.4. The van der Waals surface area contributed by atoms with Gasteiger partial charge in [0.1, 0.15) is 11.5 Å². The number of rotatable bonds is 7. The van der Waals surface area contributed by atoms with E-state index in [1.54, 1.807) is 19.1 Å². The molecule has 1 aromatic heterocycles. The highest BCUT2D eigenvalue weighted by atomic mass is 19.1. The van der Waals surface area contributed by atoms with E-state index in [0.29, 0.717) is 36.1 Å². The molecule has 0 fully saturated rings. The van der Waals surface area contributed by atoms with Gasteiger partial charge in [-0.3, -0.25) is 4.79 Å². The van der Waals surface area contributed by atoms with Crippen LogP contribution in [0.4, 0.5) is 14.6 Å². The number of allylic oxidation sites excluding steroid dienone is 4. The Morgan fingerprint density at radius 3 is 2.46 bits per heavy atom. The number of nitrogens with one attached hydrogen (secondary N) is 1. The predicted molar refractivity (Wildman–Crippen MR) is 143 cm³/mol. The van der Waals surface area contributed by atoms with E-state index in [9.17, 15) is 18.7 Å². The molecule has 1 amide bonds. The molecule has 1 aliphatic carbocycles. The van der Waals surface area contributed by atoms with Gasteiger partial charge in [-0.25, -0.2) is 18.7 Å². The van der Waals surface area contributed by atoms with Gasteiger partial charge in [0.15, 0.2) is 5.82 Å². The number of benzene rings is 2. The number of carbonyl (C=O) groups is 1. The molecule has 0 aliphatic heterocycles. The molecule has 1 heterocycles. The maximum Gasteiger partial charge on any atom is 0.229 e. The third kappa shape index (κ3) is 8.02. The lowest BCUT2D eigenvalue weighted by molar-refractivity contribution is -0.115. The summed E-state index contributed by atoms with van der Waals surface area (Å²) in [5.74, 6) is -0.462. The minimum Gasteiger partial charge on any atom is -0.387 e. The second-order valence-electron chi connectivity index (χ2n) is 8.48. The van der Waals surface area contributed by atoms with Gasteiger partial charge in [-0.2, -0.15) is 0 Å². The van der Waals surface area contributed by atoms with Crippen molar-refractivity contribution in [1.82, 2.24) is 9.97 Å². The van der Waals surface area contributed by atoms with Crippen molar-refractivity contribution in [3.63, 3.8) is 0 Å². The van der Waals surface area contributed by atoms with Crippen LogP contribution in [0.2, 0.25) is 0 Å². The van der Waals surface area contributed by atoms with Gasteiger partial charge in [-0.15, -0.1) is 0 Å². The zero-order valence-corrected chi connectivity index (χ0v) is 21.0. The number of carbonyl (C=O) groups excluding carboxylic acids is 1. The van der Waals surface area contributed by atoms with Crippen molar-refractivity contribution >= 4 is 11.7 Å². The number of hydrogen-bond donors (Lipinski definition) is 2. The average Bonchev–Trinajstić information content (AvgIpc) is 2.90. The van der Waals surface area contributed by atoms with E-state index in [2.05, 4.69) is 15.3 Å². The molecule has 0 saturated carbocycles. The highest BCUT2D eigenvalue weighted by Gasteiger charge is 2.24. The number of anilines is 1. The maximum atomic E-state index is 13.6. The first-order valence-corrected chi connectivity index (χ1v) is 12.2. The molecule has 1 aliphatic rings. The number of aromatic nitrogens is 2. The molecule has 1 atom stereocenters. The number of hydrogen-bond acceptors (Lipinski definition) is 4. The van der Waals surface area contributed by atoms with Crippen molar-refractivity contribution in [3.05, 3.63) is 114 Å². The Balaban J connectivity index is 0.000000555. The molecule has 2 N–H and O–H groups in total. The van der Waals surface area contributed by atoms with E-state index in [1.165, 1.54) is 24.3 Å². The largest absolute Gasteiger partial charge is 0.387 e. The first-order valence-electron chi connectivity index (χ1n) is 12.2. The zero-order chi connectivity index (χ0) is 26.6. The minimum absolute atomic E-state index is 0.0148. The molecule has 5 nitrogen and oxygen atoms in total. The Morgan fingerprint density at radius 2 is 1.84 bits per heavy atom. The number of aliphatic hydroxyl groups is 1. The molecular weight excluding hydrogens is 472 g/mol. The summed E-state index contributed by atoms with van der Waals surface area (Å²) in [6.45, 7) is 3.51. The van der Waals surface area contributed by atoms with Gasteiger partial charge in [0.25, 0.3) is 0 Å². The number of halogens is 2. The molecule has 4 rings (SSSR count). The van der Waals surface area contributed by atoms with Crippen molar-refractivity contribution in [2.45, 2.75) is 45.6 Å². The van der Waals surface area contributed by atoms with E-state index in [-0.39, 0.29) is 29.7 Å². The summed E-state index contributed by atoms with van der Waals surface area (Å²) in [5.41, 5.74) is 3.77. The van der Waals surface area contributed by atoms with Gasteiger partial charge in [0.05, 0.1) is 30.2 Å². The van der Waals surface area contributed by atoms with Crippen LogP contribution >= 0.6 is 0 Å². The van der Waals surface area contributed by atoms with Crippen LogP contribution in [0, 0.1) is 5.82 Å². The van der Waals surface area contributed by atoms with Gasteiger partial charge in [-0.05, 0) is 61.6 Å². The monoisotopic (exact) mass is 503 g/mol. The van der Waals surface area contributed by atoms with Crippen molar-refractivity contribution < 1.29 is 18.7 Å². The van der Waals surface area contributed by atoms with Crippen LogP contribution in [0.3, 0.4) is 0 Å². The highest BCUT2D eigenvalue weighted by molar-refractivity contribution is 5.92. The number of aryl methyl sites for hydroxylation is 2. The maximum absolute atomic E-state index is 13.6. The SMILES string of the molecule is CC\C=C/C(=C\C=C\F)CC(=O)Nc1nc2c(nc1C(C)O)-c1ccc(F)cc1CC2.c1ccccc1. The van der Waals surface area contributed by atoms with E-state index < -0.39 is 6.10 Å². The predicted octanol–water partition coefficient (Wildman–Crippen LogP) is 6.83. The van der Waals surface area contributed by atoms with Gasteiger partial charge in [0, 0.05) is 5.56 Å². The molecule has 37 heavy (non-hydrogen) atoms. The van der Waals surface area contributed by atoms with E-state index >= 15 is 0 Å². The summed E-state index contributed by atoms with van der Waals surface area (Å²) in [5, 5.41) is 13.0. The van der Waals surface area contributed by atoms with Gasteiger partial charge in [-0.1, -0.05) is 61.5 Å². The number of amides is 1. The van der Waals surface area contributed by atoms with Gasteiger partial charge in [0.2, 0.25) is 5.91 Å². The van der Waals surface area contributed by atoms with Crippen molar-refractivity contribution in [2.24, 2.45) is 0 Å². The summed E-state index contributed by atoms with van der Waals surface area (Å²) >= 11 is 0. The zero-order valence-electron chi connectivity index (χ0n) is 21.0. The van der Waals surface area contributed by atoms with Crippen LogP contribution in [-0.2, 0) is 17.6 Å². The van der Waals surface area contributed by atoms with Crippen LogP contribution in [0.25, 0.3) is 11.3 Å². The Morgan fingerprint density at radius 1 is 1.14 bits per heavy atom. The molecule has 1 unspecified atom stereocenters. The molecule has 0 saturated heterocycles. The quantitative estimate of drug-likeness (QED) is 0.347. The van der Waals surface area contributed by atoms with Crippen LogP contribution < -0.4 is 5.32 Å². The summed E-state index contributed by atoms with van der Waals surface area (Å²) in [6, 6.07) is 16.5. The molecule has 2 aromatic carbocycles. The van der Waals surface area contributed by atoms with Crippen LogP contribution in [0.5, 0.6) is 0 Å². The number of fused-ring (bicyclic) bond motifs is 3. The fourth-order valence-electron chi connectivity index (χ4n) is 3.86. The lowest BCUT2D eigenvalue weighted by Gasteiger charge is -2.21. The molecule has 0 bridgehead atoms. The summed E-state index contributed by atoms with van der Waals surface area (Å²) < 4.78 is 26.0. The lowest BCUT2D eigenvalue weighted by atomic mass is 9.91. The molecular formula is C30H31F2N3O2. The summed E-state index contributed by atoms with van der Waals surface area (Å²) in [6.07, 6.45) is 7.79. The lowest BCUT2D eigenvalue weighted by Crippen LogP contribution is -2.19. The second-order valence-corrected chi connectivity index (χ2v) is 8.48. The van der Waals surface area contributed by atoms with Crippen molar-refractivity contribution in [3.8, 4) is 11.3 Å². The first kappa shape index (κ1) is 27.6. The highest BCUT2D eigenvalue weighted by Crippen LogP contribution is 2.34. The standard InChI is InChI=1S/C24H25F2N3O2.C6H6/c1-3-4-6-16(7-5-12-25)13-21(31)28-24-22(15(2)30)29-23-19-10-9-18(26)14-17(19)8-11-20(23)27-24;1-2-4-6-5-3-1/h4-7,9-10,12,14-15,30H,3,8,11,13H2,1-2H3,(H,27,28,31);1-6H/b6-4-,12-5+,16-7+;. The second kappa shape index (κ2) is 13.9. The molecule has 3 aromatic rings. The van der Waals surface area contributed by atoms with Crippen LogP contribution in [0.1, 0.15) is 49.7 Å². The fourth-order valence-corrected chi connectivity index (χ4v) is 3.86. The van der Waals surface area contributed by atoms with Gasteiger partial charge >= 0.3 is 0 Å². The van der Waals surface area contributed by atoms with Crippen molar-refractivity contribution in [2.75, 3.05) is 5.32 Å². The molecule has 0 spiro atoms. The van der Waals surface area contributed by atoms with Gasteiger partial charge < -0.3 is 10.4 Å². The normalized spacial score (nSPS) is 13.5. The Hall–Kier alpha value is -3.97. The first-order chi connectivity index (χ1) is 17.9. The topological polar surface area (TPSA) is 75.1 Å². The van der Waals surface area contributed by atoms with Crippen LogP contribution in [-0.4, -0.2) is 21.0 Å². The fraction of sp³-hybridized carbons (Fsp3) is 0.233. The molecule has 0 radical (unpaired) electrons. The summed E-state index contributed by atoms with van der Waals surface area (Å²) in [7, 11) is 0. The van der Waals surface area contributed by atoms with E-state index in [1.807, 2.05) is 49.4 Å². The van der Waals surface area contributed by atoms with E-state index in [0.717, 1.165) is 17.5 Å². The molecule has 7 heteroatoms. The van der Waals surface area contributed by atoms with E-state index in [4.69, 9.17) is 0 Å². The number of aliphatic hydroxyl groups excluding tert-OH is 1. The third-order valence-electron chi connectivity index (χ3n) is 5.58. The third-order valence-corrected chi connectivity index (χ3v) is 5.58.